The summed E-state index contributed by atoms with van der Waals surface area (Å²) in [4.78, 5) is 8.37. The molecule has 2 aromatic rings. The minimum Gasteiger partial charge on any atom is -0.398 e. The number of aromatic nitrogens is 3. The molecule has 88 valence electrons. The number of imidazole rings is 1. The first-order chi connectivity index (χ1) is 8.34. The van der Waals surface area contributed by atoms with E-state index in [4.69, 9.17) is 5.73 Å². The fraction of sp³-hybridized carbons (Fsp3) is 0.385. The number of rotatable bonds is 3. The van der Waals surface area contributed by atoms with Crippen molar-refractivity contribution in [2.24, 2.45) is 5.92 Å². The summed E-state index contributed by atoms with van der Waals surface area (Å²) in [6.45, 7) is 1.05. The monoisotopic (exact) mass is 228 g/mol. The van der Waals surface area contributed by atoms with Crippen LogP contribution in [0.15, 0.2) is 31.0 Å². The lowest BCUT2D eigenvalue weighted by molar-refractivity contribution is 0.277. The smallest absolute Gasteiger partial charge is 0.0951 e. The van der Waals surface area contributed by atoms with Crippen LogP contribution in [-0.2, 0) is 6.54 Å². The number of hydrogen-bond donors (Lipinski definition) is 1. The van der Waals surface area contributed by atoms with Gasteiger partial charge < -0.3 is 10.3 Å². The lowest BCUT2D eigenvalue weighted by Gasteiger charge is -2.26. The maximum Gasteiger partial charge on any atom is 0.0951 e. The molecule has 0 aromatic carbocycles. The highest BCUT2D eigenvalue weighted by Crippen LogP contribution is 2.30. The molecule has 1 saturated carbocycles. The number of nitrogens with two attached hydrogens (primary N) is 1. The third-order valence-corrected chi connectivity index (χ3v) is 3.52. The van der Waals surface area contributed by atoms with Crippen LogP contribution in [-0.4, -0.2) is 14.5 Å². The van der Waals surface area contributed by atoms with E-state index in [9.17, 15) is 0 Å². The predicted octanol–water partition coefficient (Wildman–Crippen LogP) is 2.33. The first kappa shape index (κ1) is 10.3. The van der Waals surface area contributed by atoms with Gasteiger partial charge in [-0.05, 0) is 24.8 Å². The second kappa shape index (κ2) is 4.20. The topological polar surface area (TPSA) is 56.7 Å². The van der Waals surface area contributed by atoms with Gasteiger partial charge >= 0.3 is 0 Å². The van der Waals surface area contributed by atoms with Crippen molar-refractivity contribution in [1.82, 2.24) is 14.5 Å². The molecular weight excluding hydrogens is 212 g/mol. The average molecular weight is 228 g/mol. The summed E-state index contributed by atoms with van der Waals surface area (Å²) in [5.74, 6) is 0.806. The number of nitrogen functional groups attached to an aromatic ring is 1. The van der Waals surface area contributed by atoms with Gasteiger partial charge in [0.05, 0.1) is 18.2 Å². The van der Waals surface area contributed by atoms with E-state index in [0.717, 1.165) is 29.4 Å². The van der Waals surface area contributed by atoms with E-state index >= 15 is 0 Å². The SMILES string of the molecule is Nc1ccncc1-c1cncn1CC1CCC1. The zero-order valence-electron chi connectivity index (χ0n) is 9.71. The molecule has 0 aliphatic heterocycles. The maximum atomic E-state index is 5.98. The molecular formula is C13H16N4. The summed E-state index contributed by atoms with van der Waals surface area (Å²) in [6, 6.07) is 1.83. The molecule has 2 N–H and O–H groups in total. The van der Waals surface area contributed by atoms with Crippen molar-refractivity contribution in [3.05, 3.63) is 31.0 Å². The van der Waals surface area contributed by atoms with Crippen LogP contribution in [0.3, 0.4) is 0 Å². The molecule has 4 nitrogen and oxygen atoms in total. The molecule has 1 fully saturated rings. The van der Waals surface area contributed by atoms with Crippen LogP contribution in [0.5, 0.6) is 0 Å². The highest BCUT2D eigenvalue weighted by molar-refractivity contribution is 5.72. The van der Waals surface area contributed by atoms with Crippen molar-refractivity contribution in [3.8, 4) is 11.3 Å². The Hall–Kier alpha value is -1.84. The van der Waals surface area contributed by atoms with Gasteiger partial charge in [0.15, 0.2) is 0 Å². The fourth-order valence-electron chi connectivity index (χ4n) is 2.26. The molecule has 0 radical (unpaired) electrons. The number of anilines is 1. The summed E-state index contributed by atoms with van der Waals surface area (Å²) in [7, 11) is 0. The van der Waals surface area contributed by atoms with Crippen molar-refractivity contribution in [1.29, 1.82) is 0 Å². The summed E-state index contributed by atoms with van der Waals surface area (Å²) in [5.41, 5.74) is 8.78. The Morgan fingerprint density at radius 2 is 2.18 bits per heavy atom. The van der Waals surface area contributed by atoms with E-state index in [0.29, 0.717) is 0 Å². The Morgan fingerprint density at radius 1 is 1.29 bits per heavy atom. The molecule has 17 heavy (non-hydrogen) atoms. The normalized spacial score (nSPS) is 15.8. The Kier molecular flexibility index (Phi) is 2.55. The van der Waals surface area contributed by atoms with Gasteiger partial charge in [0.1, 0.15) is 0 Å². The minimum atomic E-state index is 0.760. The van der Waals surface area contributed by atoms with Crippen molar-refractivity contribution in [2.45, 2.75) is 25.8 Å². The fourth-order valence-corrected chi connectivity index (χ4v) is 2.26. The van der Waals surface area contributed by atoms with Crippen molar-refractivity contribution < 1.29 is 0 Å². The molecule has 0 saturated heterocycles. The molecule has 0 spiro atoms. The van der Waals surface area contributed by atoms with Gasteiger partial charge in [0.25, 0.3) is 0 Å². The summed E-state index contributed by atoms with van der Waals surface area (Å²) >= 11 is 0. The average Bonchev–Trinajstić information content (AvgIpc) is 2.72. The number of hydrogen-bond acceptors (Lipinski definition) is 3. The molecule has 4 heteroatoms. The van der Waals surface area contributed by atoms with E-state index in [1.165, 1.54) is 19.3 Å². The summed E-state index contributed by atoms with van der Waals surface area (Å²) in [6.07, 6.45) is 11.3. The van der Waals surface area contributed by atoms with Crippen molar-refractivity contribution >= 4 is 5.69 Å². The first-order valence-electron chi connectivity index (χ1n) is 6.04. The van der Waals surface area contributed by atoms with E-state index in [1.54, 1.807) is 6.20 Å². The molecule has 1 aliphatic rings. The Balaban J connectivity index is 1.92. The Bertz CT molecular complexity index is 514. The van der Waals surface area contributed by atoms with Gasteiger partial charge in [-0.25, -0.2) is 4.98 Å². The van der Waals surface area contributed by atoms with Gasteiger partial charge in [0.2, 0.25) is 0 Å². The molecule has 1 aliphatic carbocycles. The number of nitrogens with zero attached hydrogens (tertiary/aromatic N) is 3. The molecule has 3 rings (SSSR count). The Morgan fingerprint density at radius 3 is 2.88 bits per heavy atom. The predicted molar refractivity (Wildman–Crippen MR) is 67.2 cm³/mol. The standard InChI is InChI=1S/C13H16N4/c14-12-4-5-15-6-11(12)13-7-16-9-17(13)8-10-2-1-3-10/h4-7,9-10H,1-3,8H2,(H2,14,15). The van der Waals surface area contributed by atoms with E-state index < -0.39 is 0 Å². The van der Waals surface area contributed by atoms with Gasteiger partial charge in [0, 0.05) is 30.2 Å². The van der Waals surface area contributed by atoms with Crippen LogP contribution in [0.2, 0.25) is 0 Å². The van der Waals surface area contributed by atoms with Gasteiger partial charge in [-0.15, -0.1) is 0 Å². The zero-order chi connectivity index (χ0) is 11.7. The van der Waals surface area contributed by atoms with Crippen molar-refractivity contribution in [3.63, 3.8) is 0 Å². The Labute approximate surface area is 101 Å². The maximum absolute atomic E-state index is 5.98. The van der Waals surface area contributed by atoms with Crippen LogP contribution in [0.4, 0.5) is 5.69 Å². The molecule has 0 bridgehead atoms. The first-order valence-corrected chi connectivity index (χ1v) is 6.04. The van der Waals surface area contributed by atoms with Crippen LogP contribution in [0, 0.1) is 5.92 Å². The second-order valence-electron chi connectivity index (χ2n) is 4.69. The summed E-state index contributed by atoms with van der Waals surface area (Å²) in [5, 5.41) is 0. The van der Waals surface area contributed by atoms with Crippen LogP contribution in [0.1, 0.15) is 19.3 Å². The highest BCUT2D eigenvalue weighted by atomic mass is 15.0. The summed E-state index contributed by atoms with van der Waals surface area (Å²) < 4.78 is 2.19. The van der Waals surface area contributed by atoms with Gasteiger partial charge in [-0.1, -0.05) is 6.42 Å². The largest absolute Gasteiger partial charge is 0.398 e. The molecule has 2 heterocycles. The van der Waals surface area contributed by atoms with Crippen molar-refractivity contribution in [2.75, 3.05) is 5.73 Å². The van der Waals surface area contributed by atoms with E-state index in [2.05, 4.69) is 14.5 Å². The van der Waals surface area contributed by atoms with Crippen LogP contribution < -0.4 is 5.73 Å². The lowest BCUT2D eigenvalue weighted by atomic mass is 9.85. The third kappa shape index (κ3) is 1.90. The zero-order valence-corrected chi connectivity index (χ0v) is 9.71. The molecule has 2 aromatic heterocycles. The highest BCUT2D eigenvalue weighted by Gasteiger charge is 2.19. The minimum absolute atomic E-state index is 0.760. The lowest BCUT2D eigenvalue weighted by Crippen LogP contribution is -2.18. The van der Waals surface area contributed by atoms with Crippen LogP contribution in [0.25, 0.3) is 11.3 Å². The number of pyridine rings is 1. The second-order valence-corrected chi connectivity index (χ2v) is 4.69. The molecule has 0 unspecified atom stereocenters. The third-order valence-electron chi connectivity index (χ3n) is 3.52. The molecule has 0 atom stereocenters. The van der Waals surface area contributed by atoms with E-state index in [-0.39, 0.29) is 0 Å². The van der Waals surface area contributed by atoms with Gasteiger partial charge in [-0.3, -0.25) is 4.98 Å². The molecule has 0 amide bonds. The quantitative estimate of drug-likeness (QED) is 0.877. The van der Waals surface area contributed by atoms with E-state index in [1.807, 2.05) is 24.8 Å². The van der Waals surface area contributed by atoms with Gasteiger partial charge in [-0.2, -0.15) is 0 Å². The van der Waals surface area contributed by atoms with Crippen LogP contribution >= 0.6 is 0 Å².